The summed E-state index contributed by atoms with van der Waals surface area (Å²) in [6, 6.07) is 25.7. The van der Waals surface area contributed by atoms with Crippen molar-refractivity contribution in [1.82, 2.24) is 0 Å². The first-order valence-electron chi connectivity index (χ1n) is 10.9. The predicted molar refractivity (Wildman–Crippen MR) is 161 cm³/mol. The van der Waals surface area contributed by atoms with E-state index in [1.54, 1.807) is 66.7 Å². The van der Waals surface area contributed by atoms with Gasteiger partial charge in [0.2, 0.25) is 0 Å². The molecule has 4 rings (SSSR count). The molecule has 0 spiro atoms. The van der Waals surface area contributed by atoms with Gasteiger partial charge in [-0.15, -0.1) is 0 Å². The number of nitrogens with two attached hydrogens (primary N) is 1. The zero-order valence-electron chi connectivity index (χ0n) is 19.7. The molecule has 206 valence electrons. The Balaban J connectivity index is 0.000000268. The summed E-state index contributed by atoms with van der Waals surface area (Å²) in [7, 11) is -6.96. The average Bonchev–Trinajstić information content (AvgIpc) is 2.87. The third-order valence-corrected chi connectivity index (χ3v) is 9.59. The average molecular weight is 698 g/mol. The largest absolute Gasteiger partial charge is 0.398 e. The van der Waals surface area contributed by atoms with Crippen molar-refractivity contribution in [3.63, 3.8) is 0 Å². The number of sulfone groups is 2. The number of nitro benzene ring substituents is 1. The zero-order chi connectivity index (χ0) is 27.9. The van der Waals surface area contributed by atoms with Crippen molar-refractivity contribution < 1.29 is 21.8 Å². The molecule has 0 fully saturated rings. The normalized spacial score (nSPS) is 11.0. The highest BCUT2D eigenvalue weighted by molar-refractivity contribution is 9.10. The molecule has 0 saturated heterocycles. The van der Waals surface area contributed by atoms with Crippen molar-refractivity contribution in [2.75, 3.05) is 5.73 Å². The summed E-state index contributed by atoms with van der Waals surface area (Å²) < 4.78 is 50.3. The Hall–Kier alpha value is -3.06. The van der Waals surface area contributed by atoms with E-state index in [-0.39, 0.29) is 29.3 Å². The van der Waals surface area contributed by atoms with Gasteiger partial charge in [-0.25, -0.2) is 16.8 Å². The van der Waals surface area contributed by atoms with E-state index in [9.17, 15) is 26.9 Å². The Morgan fingerprint density at radius 3 is 1.54 bits per heavy atom. The minimum Gasteiger partial charge on any atom is -0.398 e. The van der Waals surface area contributed by atoms with E-state index in [0.29, 0.717) is 20.6 Å². The predicted octanol–water partition coefficient (Wildman–Crippen LogP) is 6.97. The highest BCUT2D eigenvalue weighted by Crippen LogP contribution is 2.27. The molecule has 0 saturated carbocycles. The number of rotatable bonds is 7. The highest BCUT2D eigenvalue weighted by Gasteiger charge is 2.22. The number of hydrogen-bond donors (Lipinski definition) is 1. The molecule has 0 bridgehead atoms. The molecule has 0 aromatic heterocycles. The molecular weight excluding hydrogens is 672 g/mol. The van der Waals surface area contributed by atoms with Crippen molar-refractivity contribution >= 4 is 62.9 Å². The summed E-state index contributed by atoms with van der Waals surface area (Å²) in [5.74, 6) is -0.505. The molecular formula is C27H26Br2N2O6S2. The van der Waals surface area contributed by atoms with Crippen molar-refractivity contribution in [3.05, 3.63) is 127 Å². The minimum absolute atomic E-state index is 0. The van der Waals surface area contributed by atoms with E-state index < -0.39 is 30.4 Å². The first kappa shape index (κ1) is 32.2. The van der Waals surface area contributed by atoms with Crippen LogP contribution in [0.3, 0.4) is 0 Å². The van der Waals surface area contributed by atoms with Crippen LogP contribution in [-0.2, 0) is 31.2 Å². The van der Waals surface area contributed by atoms with Gasteiger partial charge in [0.25, 0.3) is 5.69 Å². The molecule has 4 aromatic rings. The number of halogens is 2. The number of benzene rings is 4. The second-order valence-corrected chi connectivity index (χ2v) is 13.8. The van der Waals surface area contributed by atoms with E-state index in [4.69, 9.17) is 5.73 Å². The Morgan fingerprint density at radius 1 is 0.667 bits per heavy atom. The number of nitrogens with zero attached hydrogens (tertiary/aromatic N) is 1. The Kier molecular flexibility index (Phi) is 11.4. The second kappa shape index (κ2) is 13.8. The third kappa shape index (κ3) is 8.99. The Bertz CT molecular complexity index is 1650. The fourth-order valence-corrected chi connectivity index (χ4v) is 6.97. The molecule has 8 nitrogen and oxygen atoms in total. The van der Waals surface area contributed by atoms with Crippen LogP contribution in [0.1, 0.15) is 18.6 Å². The zero-order valence-corrected chi connectivity index (χ0v) is 24.5. The molecule has 39 heavy (non-hydrogen) atoms. The lowest BCUT2D eigenvalue weighted by Gasteiger charge is -2.07. The summed E-state index contributed by atoms with van der Waals surface area (Å²) in [5, 5.41) is 11.0. The molecule has 0 heterocycles. The van der Waals surface area contributed by atoms with Crippen molar-refractivity contribution in [2.24, 2.45) is 0 Å². The minimum atomic E-state index is -3.61. The number of hydrogen-bond acceptors (Lipinski definition) is 7. The SMILES string of the molecule is C.Nc1ccc(Br)cc1CS(=O)(=O)c1ccccc1.O=[N+]([O-])c1ccc(Br)cc1CS(=O)(=O)c1ccccc1. The van der Waals surface area contributed by atoms with Crippen LogP contribution in [0, 0.1) is 10.1 Å². The van der Waals surface area contributed by atoms with E-state index in [1.165, 1.54) is 30.3 Å². The fourth-order valence-electron chi connectivity index (χ4n) is 3.38. The van der Waals surface area contributed by atoms with Crippen LogP contribution >= 0.6 is 31.9 Å². The van der Waals surface area contributed by atoms with E-state index in [1.807, 2.05) is 0 Å². The van der Waals surface area contributed by atoms with Gasteiger partial charge in [-0.1, -0.05) is 75.7 Å². The van der Waals surface area contributed by atoms with Crippen LogP contribution in [0.2, 0.25) is 0 Å². The van der Waals surface area contributed by atoms with E-state index in [0.717, 1.165) is 4.47 Å². The van der Waals surface area contributed by atoms with Crippen LogP contribution in [0.15, 0.2) is 116 Å². The van der Waals surface area contributed by atoms with Crippen LogP contribution in [0.25, 0.3) is 0 Å². The first-order chi connectivity index (χ1) is 17.9. The van der Waals surface area contributed by atoms with E-state index in [2.05, 4.69) is 31.9 Å². The smallest absolute Gasteiger partial charge is 0.273 e. The van der Waals surface area contributed by atoms with Gasteiger partial charge >= 0.3 is 0 Å². The van der Waals surface area contributed by atoms with Gasteiger partial charge in [-0.3, -0.25) is 10.1 Å². The monoisotopic (exact) mass is 696 g/mol. The van der Waals surface area contributed by atoms with Gasteiger partial charge in [-0.2, -0.15) is 0 Å². The maximum absolute atomic E-state index is 12.2. The summed E-state index contributed by atoms with van der Waals surface area (Å²) >= 11 is 6.50. The molecule has 0 radical (unpaired) electrons. The Morgan fingerprint density at radius 2 is 1.08 bits per heavy atom. The summed E-state index contributed by atoms with van der Waals surface area (Å²) in [4.78, 5) is 10.8. The molecule has 0 amide bonds. The lowest BCUT2D eigenvalue weighted by molar-refractivity contribution is -0.385. The maximum atomic E-state index is 12.2. The van der Waals surface area contributed by atoms with Crippen LogP contribution in [-0.4, -0.2) is 21.8 Å². The van der Waals surface area contributed by atoms with E-state index >= 15 is 0 Å². The van der Waals surface area contributed by atoms with Crippen LogP contribution in [0.4, 0.5) is 11.4 Å². The molecule has 0 aliphatic heterocycles. The van der Waals surface area contributed by atoms with Gasteiger partial charge < -0.3 is 5.73 Å². The van der Waals surface area contributed by atoms with Gasteiger partial charge in [-0.05, 0) is 60.2 Å². The lowest BCUT2D eigenvalue weighted by Crippen LogP contribution is -2.07. The summed E-state index contributed by atoms with van der Waals surface area (Å²) in [6.45, 7) is 0. The van der Waals surface area contributed by atoms with Crippen molar-refractivity contribution in [1.29, 1.82) is 0 Å². The van der Waals surface area contributed by atoms with Gasteiger partial charge in [0.05, 0.1) is 26.2 Å². The second-order valence-electron chi connectivity index (χ2n) is 8.02. The molecule has 0 aliphatic rings. The quantitative estimate of drug-likeness (QED) is 0.125. The molecule has 0 atom stereocenters. The van der Waals surface area contributed by atoms with Crippen molar-refractivity contribution in [3.8, 4) is 0 Å². The standard InChI is InChI=1S/C13H10BrNO4S.C13H12BrNO2S.CH4/c14-11-6-7-13(15(16)17)10(8-11)9-20(18,19)12-4-2-1-3-5-12;14-11-6-7-13(15)10(8-11)9-18(16,17)12-4-2-1-3-5-12;/h1-8H,9H2;1-8H,9,15H2;1H4. The lowest BCUT2D eigenvalue weighted by atomic mass is 10.2. The summed E-state index contributed by atoms with van der Waals surface area (Å²) in [5.41, 5.74) is 6.84. The molecule has 12 heteroatoms. The number of nitro groups is 1. The summed E-state index contributed by atoms with van der Waals surface area (Å²) in [6.07, 6.45) is 0. The maximum Gasteiger partial charge on any atom is 0.273 e. The topological polar surface area (TPSA) is 137 Å². The molecule has 0 aliphatic carbocycles. The third-order valence-electron chi connectivity index (χ3n) is 5.24. The molecule has 4 aromatic carbocycles. The van der Waals surface area contributed by atoms with Gasteiger partial charge in [0, 0.05) is 26.3 Å². The fraction of sp³-hybridized carbons (Fsp3) is 0.111. The Labute approximate surface area is 245 Å². The molecule has 0 unspecified atom stereocenters. The van der Waals surface area contributed by atoms with Crippen LogP contribution in [0.5, 0.6) is 0 Å². The molecule has 2 N–H and O–H groups in total. The van der Waals surface area contributed by atoms with Gasteiger partial charge in [0.1, 0.15) is 0 Å². The van der Waals surface area contributed by atoms with Gasteiger partial charge in [0.15, 0.2) is 19.7 Å². The number of nitrogen functional groups attached to an aromatic ring is 1. The first-order valence-corrected chi connectivity index (χ1v) is 15.8. The van der Waals surface area contributed by atoms with Crippen LogP contribution < -0.4 is 5.73 Å². The highest BCUT2D eigenvalue weighted by atomic mass is 79.9. The van der Waals surface area contributed by atoms with Crippen molar-refractivity contribution in [2.45, 2.75) is 28.7 Å². The number of anilines is 1.